The zero-order valence-corrected chi connectivity index (χ0v) is 21.1. The molecular weight excluding hydrogens is 458 g/mol. The van der Waals surface area contributed by atoms with Gasteiger partial charge in [-0.1, -0.05) is 53.6 Å². The van der Waals surface area contributed by atoms with Gasteiger partial charge in [0, 0.05) is 24.5 Å². The Morgan fingerprint density at radius 2 is 1.83 bits per heavy atom. The number of rotatable bonds is 11. The predicted molar refractivity (Wildman–Crippen MR) is 142 cm³/mol. The molecule has 4 aromatic rings. The number of carbonyl (C=O) groups excluding carboxylic acids is 1. The molecule has 0 aliphatic carbocycles. The number of aromatic nitrogens is 2. The standard InChI is InChI=1S/C29H32ClN3O2/c1-21-9-14-27(22(2)19-21)35-18-6-5-17-33-26-8-4-3-7-25(26)32-28(33)15-16-31-29(34)20-23-10-12-24(30)13-11-23/h3-4,7-14,19H,5-6,15-18,20H2,1-2H3,(H,31,34). The number of amides is 1. The molecule has 0 spiro atoms. The normalized spacial score (nSPS) is 11.1. The van der Waals surface area contributed by atoms with Gasteiger partial charge in [0.05, 0.1) is 24.1 Å². The number of hydrogen-bond donors (Lipinski definition) is 1. The summed E-state index contributed by atoms with van der Waals surface area (Å²) in [5.41, 5.74) is 5.48. The maximum absolute atomic E-state index is 12.4. The minimum absolute atomic E-state index is 0.00136. The van der Waals surface area contributed by atoms with Crippen molar-refractivity contribution in [1.29, 1.82) is 0 Å². The van der Waals surface area contributed by atoms with Crippen molar-refractivity contribution in [2.75, 3.05) is 13.2 Å². The number of hydrogen-bond acceptors (Lipinski definition) is 3. The smallest absolute Gasteiger partial charge is 0.224 e. The summed E-state index contributed by atoms with van der Waals surface area (Å²) in [7, 11) is 0. The van der Waals surface area contributed by atoms with Crippen LogP contribution < -0.4 is 10.1 Å². The van der Waals surface area contributed by atoms with Gasteiger partial charge in [-0.3, -0.25) is 4.79 Å². The van der Waals surface area contributed by atoms with Gasteiger partial charge in [0.2, 0.25) is 5.91 Å². The highest BCUT2D eigenvalue weighted by atomic mass is 35.5. The third-order valence-corrected chi connectivity index (χ3v) is 6.30. The number of para-hydroxylation sites is 2. The van der Waals surface area contributed by atoms with Gasteiger partial charge in [0.1, 0.15) is 11.6 Å². The molecule has 0 radical (unpaired) electrons. The van der Waals surface area contributed by atoms with E-state index in [0.29, 0.717) is 31.0 Å². The van der Waals surface area contributed by atoms with Crippen molar-refractivity contribution < 1.29 is 9.53 Å². The first-order chi connectivity index (χ1) is 17.0. The minimum atomic E-state index is -0.00136. The highest BCUT2D eigenvalue weighted by molar-refractivity contribution is 6.30. The third kappa shape index (κ3) is 6.86. The zero-order chi connectivity index (χ0) is 24.6. The van der Waals surface area contributed by atoms with Gasteiger partial charge in [-0.05, 0) is 68.1 Å². The molecule has 1 heterocycles. The topological polar surface area (TPSA) is 56.1 Å². The molecule has 0 aliphatic rings. The Morgan fingerprint density at radius 3 is 2.63 bits per heavy atom. The average molecular weight is 490 g/mol. The van der Waals surface area contributed by atoms with Crippen LogP contribution in [-0.4, -0.2) is 28.6 Å². The van der Waals surface area contributed by atoms with Gasteiger partial charge < -0.3 is 14.6 Å². The van der Waals surface area contributed by atoms with Gasteiger partial charge in [-0.2, -0.15) is 0 Å². The van der Waals surface area contributed by atoms with Crippen LogP contribution in [0.25, 0.3) is 11.0 Å². The molecule has 0 atom stereocenters. The lowest BCUT2D eigenvalue weighted by Crippen LogP contribution is -2.28. The summed E-state index contributed by atoms with van der Waals surface area (Å²) in [5.74, 6) is 1.95. The van der Waals surface area contributed by atoms with E-state index in [9.17, 15) is 4.79 Å². The molecule has 6 heteroatoms. The molecule has 0 unspecified atom stereocenters. The zero-order valence-electron chi connectivity index (χ0n) is 20.4. The van der Waals surface area contributed by atoms with Crippen molar-refractivity contribution in [2.24, 2.45) is 0 Å². The van der Waals surface area contributed by atoms with E-state index < -0.39 is 0 Å². The van der Waals surface area contributed by atoms with Crippen LogP contribution in [0.15, 0.2) is 66.7 Å². The Hall–Kier alpha value is -3.31. The number of fused-ring (bicyclic) bond motifs is 1. The number of aryl methyl sites for hydroxylation is 3. The Balaban J connectivity index is 1.30. The summed E-state index contributed by atoms with van der Waals surface area (Å²) >= 11 is 5.92. The molecule has 0 bridgehead atoms. The van der Waals surface area contributed by atoms with E-state index in [1.54, 1.807) is 12.1 Å². The largest absolute Gasteiger partial charge is 0.493 e. The number of nitrogens with one attached hydrogen (secondary N) is 1. The van der Waals surface area contributed by atoms with E-state index in [1.807, 2.05) is 36.4 Å². The molecule has 1 aromatic heterocycles. The molecule has 0 saturated heterocycles. The quantitative estimate of drug-likeness (QED) is 0.260. The minimum Gasteiger partial charge on any atom is -0.493 e. The summed E-state index contributed by atoms with van der Waals surface area (Å²) in [5, 5.41) is 3.70. The summed E-state index contributed by atoms with van der Waals surface area (Å²) in [6, 6.07) is 21.8. The van der Waals surface area contributed by atoms with Crippen LogP contribution in [0.1, 0.15) is 35.4 Å². The second-order valence-corrected chi connectivity index (χ2v) is 9.33. The molecule has 0 fully saturated rings. The molecule has 1 amide bonds. The number of nitrogens with zero attached hydrogens (tertiary/aromatic N) is 2. The van der Waals surface area contributed by atoms with E-state index in [0.717, 1.165) is 47.6 Å². The van der Waals surface area contributed by atoms with E-state index in [2.05, 4.69) is 41.9 Å². The summed E-state index contributed by atoms with van der Waals surface area (Å²) in [6.45, 7) is 6.28. The number of unbranched alkanes of at least 4 members (excludes halogenated alkanes) is 1. The molecule has 35 heavy (non-hydrogen) atoms. The molecular formula is C29H32ClN3O2. The van der Waals surface area contributed by atoms with Crippen molar-refractivity contribution in [3.05, 3.63) is 94.3 Å². The van der Waals surface area contributed by atoms with Crippen LogP contribution in [-0.2, 0) is 24.2 Å². The summed E-state index contributed by atoms with van der Waals surface area (Å²) in [4.78, 5) is 17.2. The first-order valence-corrected chi connectivity index (χ1v) is 12.5. The Kier molecular flexibility index (Phi) is 8.43. The molecule has 3 aromatic carbocycles. The summed E-state index contributed by atoms with van der Waals surface area (Å²) < 4.78 is 8.27. The van der Waals surface area contributed by atoms with Crippen molar-refractivity contribution >= 4 is 28.5 Å². The number of carbonyl (C=O) groups is 1. The molecule has 4 rings (SSSR count). The van der Waals surface area contributed by atoms with Crippen LogP contribution >= 0.6 is 11.6 Å². The lowest BCUT2D eigenvalue weighted by atomic mass is 10.1. The fourth-order valence-electron chi connectivity index (χ4n) is 4.25. The van der Waals surface area contributed by atoms with Crippen molar-refractivity contribution in [2.45, 2.75) is 46.1 Å². The SMILES string of the molecule is Cc1ccc(OCCCCn2c(CCNC(=O)Cc3ccc(Cl)cc3)nc3ccccc32)c(C)c1. The van der Waals surface area contributed by atoms with Gasteiger partial charge in [-0.15, -0.1) is 0 Å². The first-order valence-electron chi connectivity index (χ1n) is 12.1. The second-order valence-electron chi connectivity index (χ2n) is 8.90. The lowest BCUT2D eigenvalue weighted by molar-refractivity contribution is -0.120. The first kappa shape index (κ1) is 24.8. The molecule has 0 aliphatic heterocycles. The summed E-state index contributed by atoms with van der Waals surface area (Å²) in [6.07, 6.45) is 2.96. The average Bonchev–Trinajstić information content (AvgIpc) is 3.19. The molecule has 5 nitrogen and oxygen atoms in total. The maximum atomic E-state index is 12.4. The van der Waals surface area contributed by atoms with Crippen LogP contribution in [0.4, 0.5) is 0 Å². The Bertz CT molecular complexity index is 1280. The number of imidazole rings is 1. The fourth-order valence-corrected chi connectivity index (χ4v) is 4.37. The predicted octanol–water partition coefficient (Wildman–Crippen LogP) is 6.07. The second kappa shape index (κ2) is 11.9. The number of halogens is 1. The van der Waals surface area contributed by atoms with Gasteiger partial charge in [-0.25, -0.2) is 4.98 Å². The number of ether oxygens (including phenoxy) is 1. The van der Waals surface area contributed by atoms with Gasteiger partial charge >= 0.3 is 0 Å². The van der Waals surface area contributed by atoms with Crippen molar-refractivity contribution in [3.63, 3.8) is 0 Å². The monoisotopic (exact) mass is 489 g/mol. The highest BCUT2D eigenvalue weighted by Crippen LogP contribution is 2.20. The molecule has 182 valence electrons. The molecule has 1 N–H and O–H groups in total. The fraction of sp³-hybridized carbons (Fsp3) is 0.310. The molecule has 0 saturated carbocycles. The van der Waals surface area contributed by atoms with E-state index in [1.165, 1.54) is 11.1 Å². The maximum Gasteiger partial charge on any atom is 0.224 e. The number of benzene rings is 3. The lowest BCUT2D eigenvalue weighted by Gasteiger charge is -2.12. The van der Waals surface area contributed by atoms with Crippen LogP contribution in [0.5, 0.6) is 5.75 Å². The van der Waals surface area contributed by atoms with Crippen LogP contribution in [0.2, 0.25) is 5.02 Å². The van der Waals surface area contributed by atoms with E-state index in [-0.39, 0.29) is 5.91 Å². The van der Waals surface area contributed by atoms with Gasteiger partial charge in [0.25, 0.3) is 0 Å². The van der Waals surface area contributed by atoms with Crippen molar-refractivity contribution in [1.82, 2.24) is 14.9 Å². The van der Waals surface area contributed by atoms with Crippen molar-refractivity contribution in [3.8, 4) is 5.75 Å². The Morgan fingerprint density at radius 1 is 1.03 bits per heavy atom. The van der Waals surface area contributed by atoms with Crippen LogP contribution in [0.3, 0.4) is 0 Å². The van der Waals surface area contributed by atoms with E-state index >= 15 is 0 Å². The highest BCUT2D eigenvalue weighted by Gasteiger charge is 2.11. The Labute approximate surface area is 212 Å². The van der Waals surface area contributed by atoms with E-state index in [4.69, 9.17) is 21.3 Å². The third-order valence-electron chi connectivity index (χ3n) is 6.05. The van der Waals surface area contributed by atoms with Gasteiger partial charge in [0.15, 0.2) is 0 Å². The van der Waals surface area contributed by atoms with Crippen LogP contribution in [0, 0.1) is 13.8 Å².